The van der Waals surface area contributed by atoms with E-state index in [0.29, 0.717) is 11.4 Å². The molecule has 1 saturated carbocycles. The number of hydrogen-bond donors (Lipinski definition) is 0. The number of nitrogens with zero attached hydrogens (tertiary/aromatic N) is 2. The van der Waals surface area contributed by atoms with Crippen LogP contribution in [-0.4, -0.2) is 50.8 Å². The Hall–Kier alpha value is -0.430. The van der Waals surface area contributed by atoms with Crippen LogP contribution in [0.2, 0.25) is 0 Å². The molecule has 0 N–H and O–H groups in total. The summed E-state index contributed by atoms with van der Waals surface area (Å²) in [5, 5.41) is 0. The van der Waals surface area contributed by atoms with Crippen molar-refractivity contribution in [1.82, 2.24) is 9.21 Å². The van der Waals surface area contributed by atoms with Crippen LogP contribution in [-0.2, 0) is 10.0 Å². The van der Waals surface area contributed by atoms with E-state index in [1.165, 1.54) is 10.7 Å². The van der Waals surface area contributed by atoms with E-state index in [0.717, 1.165) is 22.6 Å². The minimum absolute atomic E-state index is 0.0147. The molecule has 1 aliphatic carbocycles. The number of aryl methyl sites for hydroxylation is 2. The second-order valence-corrected chi connectivity index (χ2v) is 9.48. The van der Waals surface area contributed by atoms with Gasteiger partial charge in [-0.3, -0.25) is 0 Å². The Balaban J connectivity index is 2.24. The number of hydrogen-bond acceptors (Lipinski definition) is 4. The zero-order valence-corrected chi connectivity index (χ0v) is 14.6. The molecule has 1 fully saturated rings. The van der Waals surface area contributed by atoms with Crippen molar-refractivity contribution in [2.75, 3.05) is 27.7 Å². The molecule has 20 heavy (non-hydrogen) atoms. The summed E-state index contributed by atoms with van der Waals surface area (Å²) >= 11 is 1.54. The number of likely N-dealkylation sites (N-methyl/N-ethyl adjacent to an activating group) is 2. The highest BCUT2D eigenvalue weighted by Crippen LogP contribution is 2.38. The molecule has 114 valence electrons. The van der Waals surface area contributed by atoms with E-state index in [1.807, 2.05) is 27.9 Å². The SMILES string of the molecule is Cc1cc(S(=O)(=O)N(C)CC2(N(C)C)CCC2)c(C)s1. The molecule has 1 aromatic heterocycles. The standard InChI is InChI=1S/C14H24N2O2S2/c1-11-9-13(12(2)19-11)20(17,18)16(5)10-14(15(3)4)7-6-8-14/h9H,6-8,10H2,1-5H3. The Morgan fingerprint density at radius 2 is 1.85 bits per heavy atom. The highest BCUT2D eigenvalue weighted by molar-refractivity contribution is 7.89. The van der Waals surface area contributed by atoms with Crippen LogP contribution < -0.4 is 0 Å². The normalized spacial score (nSPS) is 18.6. The predicted molar refractivity (Wildman–Crippen MR) is 83.9 cm³/mol. The van der Waals surface area contributed by atoms with Gasteiger partial charge in [-0.15, -0.1) is 11.3 Å². The minimum Gasteiger partial charge on any atom is -0.302 e. The lowest BCUT2D eigenvalue weighted by atomic mass is 9.75. The number of rotatable bonds is 5. The third-order valence-electron chi connectivity index (χ3n) is 4.43. The van der Waals surface area contributed by atoms with Gasteiger partial charge >= 0.3 is 0 Å². The molecule has 0 aromatic carbocycles. The van der Waals surface area contributed by atoms with Gasteiger partial charge in [0.15, 0.2) is 0 Å². The van der Waals surface area contributed by atoms with Crippen molar-refractivity contribution in [3.63, 3.8) is 0 Å². The van der Waals surface area contributed by atoms with Crippen molar-refractivity contribution < 1.29 is 8.42 Å². The quantitative estimate of drug-likeness (QED) is 0.838. The van der Waals surface area contributed by atoms with Gasteiger partial charge in [0.1, 0.15) is 0 Å². The minimum atomic E-state index is -3.37. The largest absolute Gasteiger partial charge is 0.302 e. The maximum absolute atomic E-state index is 12.7. The molecule has 0 atom stereocenters. The van der Waals surface area contributed by atoms with Crippen LogP contribution in [0.3, 0.4) is 0 Å². The smallest absolute Gasteiger partial charge is 0.243 e. The van der Waals surface area contributed by atoms with E-state index >= 15 is 0 Å². The molecule has 0 aliphatic heterocycles. The van der Waals surface area contributed by atoms with Gasteiger partial charge in [-0.25, -0.2) is 8.42 Å². The summed E-state index contributed by atoms with van der Waals surface area (Å²) in [4.78, 5) is 4.56. The Morgan fingerprint density at radius 3 is 2.20 bits per heavy atom. The van der Waals surface area contributed by atoms with Crippen molar-refractivity contribution in [2.45, 2.75) is 43.5 Å². The maximum atomic E-state index is 12.7. The Bertz CT molecular complexity index is 586. The van der Waals surface area contributed by atoms with E-state index in [2.05, 4.69) is 4.90 Å². The summed E-state index contributed by atoms with van der Waals surface area (Å²) < 4.78 is 27.0. The molecule has 0 radical (unpaired) electrons. The first-order valence-electron chi connectivity index (χ1n) is 6.90. The molecule has 0 saturated heterocycles. The monoisotopic (exact) mass is 316 g/mol. The van der Waals surface area contributed by atoms with Gasteiger partial charge < -0.3 is 4.90 Å². The number of thiophene rings is 1. The van der Waals surface area contributed by atoms with Gasteiger partial charge in [0.2, 0.25) is 10.0 Å². The van der Waals surface area contributed by atoms with Crippen LogP contribution >= 0.6 is 11.3 Å². The first-order valence-corrected chi connectivity index (χ1v) is 9.15. The van der Waals surface area contributed by atoms with E-state index in [4.69, 9.17) is 0 Å². The Kier molecular flexibility index (Phi) is 4.31. The fourth-order valence-corrected chi connectivity index (χ4v) is 5.63. The first-order chi connectivity index (χ1) is 9.19. The summed E-state index contributed by atoms with van der Waals surface area (Å²) in [7, 11) is 2.41. The average Bonchev–Trinajstić information content (AvgIpc) is 2.62. The molecule has 2 rings (SSSR count). The van der Waals surface area contributed by atoms with Crippen molar-refractivity contribution in [3.05, 3.63) is 15.8 Å². The zero-order chi connectivity index (χ0) is 15.1. The zero-order valence-electron chi connectivity index (χ0n) is 12.9. The molecule has 4 nitrogen and oxygen atoms in total. The molecule has 0 amide bonds. The Morgan fingerprint density at radius 1 is 1.25 bits per heavy atom. The van der Waals surface area contributed by atoms with Crippen LogP contribution in [0.5, 0.6) is 0 Å². The van der Waals surface area contributed by atoms with Crippen LogP contribution in [0.15, 0.2) is 11.0 Å². The first kappa shape index (κ1) is 15.9. The van der Waals surface area contributed by atoms with E-state index in [-0.39, 0.29) is 5.54 Å². The molecule has 0 spiro atoms. The fraction of sp³-hybridized carbons (Fsp3) is 0.714. The molecular weight excluding hydrogens is 292 g/mol. The molecule has 6 heteroatoms. The summed E-state index contributed by atoms with van der Waals surface area (Å²) in [6.07, 6.45) is 3.33. The molecule has 1 aliphatic rings. The van der Waals surface area contributed by atoms with Crippen molar-refractivity contribution >= 4 is 21.4 Å². The van der Waals surface area contributed by atoms with E-state index in [9.17, 15) is 8.42 Å². The summed E-state index contributed by atoms with van der Waals surface area (Å²) in [5.41, 5.74) is 0.0147. The highest BCUT2D eigenvalue weighted by atomic mass is 32.2. The van der Waals surface area contributed by atoms with E-state index in [1.54, 1.807) is 24.5 Å². The van der Waals surface area contributed by atoms with Gasteiger partial charge in [-0.05, 0) is 53.3 Å². The lowest BCUT2D eigenvalue weighted by Crippen LogP contribution is -2.57. The van der Waals surface area contributed by atoms with Crippen LogP contribution in [0.4, 0.5) is 0 Å². The highest BCUT2D eigenvalue weighted by Gasteiger charge is 2.42. The van der Waals surface area contributed by atoms with Gasteiger partial charge in [0.25, 0.3) is 0 Å². The van der Waals surface area contributed by atoms with Crippen molar-refractivity contribution in [2.24, 2.45) is 0 Å². The van der Waals surface area contributed by atoms with Crippen LogP contribution in [0.1, 0.15) is 29.0 Å². The molecule has 0 bridgehead atoms. The second kappa shape index (κ2) is 5.40. The molecule has 1 heterocycles. The fourth-order valence-electron chi connectivity index (χ4n) is 2.86. The Labute approximate surface area is 126 Å². The van der Waals surface area contributed by atoms with Gasteiger partial charge in [-0.2, -0.15) is 4.31 Å². The van der Waals surface area contributed by atoms with Crippen molar-refractivity contribution in [1.29, 1.82) is 0 Å². The number of sulfonamides is 1. The third-order valence-corrected chi connectivity index (χ3v) is 7.46. The predicted octanol–water partition coefficient (Wildman–Crippen LogP) is 2.47. The average molecular weight is 316 g/mol. The van der Waals surface area contributed by atoms with Crippen LogP contribution in [0, 0.1) is 13.8 Å². The van der Waals surface area contributed by atoms with Gasteiger partial charge in [0.05, 0.1) is 4.90 Å². The van der Waals surface area contributed by atoms with Crippen molar-refractivity contribution in [3.8, 4) is 0 Å². The second-order valence-electron chi connectivity index (χ2n) is 6.01. The summed E-state index contributed by atoms with van der Waals surface area (Å²) in [6, 6.07) is 1.79. The van der Waals surface area contributed by atoms with Gasteiger partial charge in [-0.1, -0.05) is 0 Å². The lowest BCUT2D eigenvalue weighted by Gasteiger charge is -2.48. The molecule has 1 aromatic rings. The van der Waals surface area contributed by atoms with E-state index < -0.39 is 10.0 Å². The maximum Gasteiger partial charge on any atom is 0.243 e. The summed E-state index contributed by atoms with van der Waals surface area (Å²) in [5.74, 6) is 0. The lowest BCUT2D eigenvalue weighted by molar-refractivity contribution is 0.0455. The van der Waals surface area contributed by atoms with Crippen LogP contribution in [0.25, 0.3) is 0 Å². The van der Waals surface area contributed by atoms with Gasteiger partial charge in [0, 0.05) is 28.9 Å². The summed E-state index contributed by atoms with van der Waals surface area (Å²) in [6.45, 7) is 4.39. The third kappa shape index (κ3) is 2.66. The topological polar surface area (TPSA) is 40.6 Å². The molecule has 0 unspecified atom stereocenters. The molecular formula is C14H24N2O2S2.